The molecule has 0 fully saturated rings. The van der Waals surface area contributed by atoms with Crippen molar-refractivity contribution >= 4 is 6.08 Å². The summed E-state index contributed by atoms with van der Waals surface area (Å²) in [6.45, 7) is 2.33. The zero-order valence-electron chi connectivity index (χ0n) is 12.0. The largest absolute Gasteiger partial charge is 0.0766 e. The maximum atomic E-state index is 2.38. The number of hydrogen-bond acceptors (Lipinski definition) is 0. The maximum Gasteiger partial charge on any atom is 0.000166 e. The second-order valence-corrected chi connectivity index (χ2v) is 6.18. The van der Waals surface area contributed by atoms with E-state index < -0.39 is 0 Å². The van der Waals surface area contributed by atoms with Crippen molar-refractivity contribution in [1.29, 1.82) is 0 Å². The molecule has 0 heterocycles. The van der Waals surface area contributed by atoms with Crippen LogP contribution in [0.1, 0.15) is 46.2 Å². The van der Waals surface area contributed by atoms with E-state index in [0.29, 0.717) is 5.92 Å². The molecule has 0 spiro atoms. The van der Waals surface area contributed by atoms with Gasteiger partial charge in [0.1, 0.15) is 0 Å². The van der Waals surface area contributed by atoms with E-state index in [1.54, 1.807) is 11.1 Å². The summed E-state index contributed by atoms with van der Waals surface area (Å²) in [6, 6.07) is 14.0. The highest BCUT2D eigenvalue weighted by atomic mass is 14.2. The first-order chi connectivity index (χ1) is 9.81. The van der Waals surface area contributed by atoms with Gasteiger partial charge in [0.2, 0.25) is 0 Å². The highest BCUT2D eigenvalue weighted by Gasteiger charge is 2.20. The fourth-order valence-electron chi connectivity index (χ4n) is 3.66. The minimum Gasteiger partial charge on any atom is -0.0766 e. The van der Waals surface area contributed by atoms with Crippen LogP contribution in [0.25, 0.3) is 6.08 Å². The zero-order chi connectivity index (χ0) is 13.5. The Hall–Kier alpha value is -1.82. The van der Waals surface area contributed by atoms with Crippen LogP contribution in [0.2, 0.25) is 0 Å². The van der Waals surface area contributed by atoms with Gasteiger partial charge < -0.3 is 0 Å². The van der Waals surface area contributed by atoms with Gasteiger partial charge in [-0.3, -0.25) is 0 Å². The summed E-state index contributed by atoms with van der Waals surface area (Å²) >= 11 is 0. The van der Waals surface area contributed by atoms with Gasteiger partial charge in [-0.2, -0.15) is 0 Å². The summed E-state index contributed by atoms with van der Waals surface area (Å²) < 4.78 is 0. The van der Waals surface area contributed by atoms with E-state index >= 15 is 0 Å². The minimum atomic E-state index is 0.587. The van der Waals surface area contributed by atoms with E-state index in [1.807, 2.05) is 0 Å². The Morgan fingerprint density at radius 3 is 2.05 bits per heavy atom. The van der Waals surface area contributed by atoms with E-state index in [4.69, 9.17) is 0 Å². The molecule has 4 bridgehead atoms. The standard InChI is InChI=1S/C20H20/c1-14-2-13-19-17-9-7-15-3-5-16(6-4-15)8-10-18(12-11-17)20(14)19/h2-6,11-14H,7-10H2,1H3. The molecule has 7 rings (SSSR count). The number of hydrogen-bond donors (Lipinski definition) is 0. The highest BCUT2D eigenvalue weighted by molar-refractivity contribution is 5.67. The third-order valence-electron chi connectivity index (χ3n) is 4.86. The van der Waals surface area contributed by atoms with Gasteiger partial charge >= 0.3 is 0 Å². The zero-order valence-corrected chi connectivity index (χ0v) is 12.0. The molecule has 0 saturated heterocycles. The summed E-state index contributed by atoms with van der Waals surface area (Å²) in [5, 5.41) is 0. The van der Waals surface area contributed by atoms with Gasteiger partial charge in [0.05, 0.1) is 0 Å². The Balaban J connectivity index is 1.84. The molecule has 20 heavy (non-hydrogen) atoms. The number of aryl methyl sites for hydroxylation is 4. The number of rotatable bonds is 0. The van der Waals surface area contributed by atoms with Gasteiger partial charge in [-0.25, -0.2) is 0 Å². The lowest BCUT2D eigenvalue weighted by atomic mass is 9.87. The minimum absolute atomic E-state index is 0.587. The van der Waals surface area contributed by atoms with E-state index in [-0.39, 0.29) is 0 Å². The lowest BCUT2D eigenvalue weighted by Gasteiger charge is -2.17. The van der Waals surface area contributed by atoms with Crippen LogP contribution < -0.4 is 0 Å². The Morgan fingerprint density at radius 1 is 0.750 bits per heavy atom. The second kappa shape index (κ2) is 4.63. The Morgan fingerprint density at radius 2 is 1.35 bits per heavy atom. The van der Waals surface area contributed by atoms with Crippen molar-refractivity contribution in [3.05, 3.63) is 75.9 Å². The molecule has 2 aromatic rings. The Bertz CT molecular complexity index is 674. The van der Waals surface area contributed by atoms with E-state index in [9.17, 15) is 0 Å². The smallest absolute Gasteiger partial charge is 0.000166 e. The Kier molecular flexibility index (Phi) is 2.77. The molecule has 2 aromatic carbocycles. The molecule has 0 nitrogen and oxygen atoms in total. The van der Waals surface area contributed by atoms with E-state index in [0.717, 1.165) is 25.7 Å². The molecule has 0 saturated carbocycles. The average Bonchev–Trinajstić information content (AvgIpc) is 2.85. The maximum absolute atomic E-state index is 2.38. The fourth-order valence-corrected chi connectivity index (χ4v) is 3.66. The molecule has 0 radical (unpaired) electrons. The van der Waals surface area contributed by atoms with Crippen molar-refractivity contribution in [3.63, 3.8) is 0 Å². The molecule has 0 heteroatoms. The van der Waals surface area contributed by atoms with Gasteiger partial charge in [-0.15, -0.1) is 0 Å². The van der Waals surface area contributed by atoms with Crippen molar-refractivity contribution in [2.45, 2.75) is 38.5 Å². The molecule has 5 aliphatic rings. The fraction of sp³-hybridized carbons (Fsp3) is 0.300. The van der Waals surface area contributed by atoms with Crippen LogP contribution >= 0.6 is 0 Å². The molecular weight excluding hydrogens is 240 g/mol. The lowest BCUT2D eigenvalue weighted by Crippen LogP contribution is -2.04. The third kappa shape index (κ3) is 1.91. The summed E-state index contributed by atoms with van der Waals surface area (Å²) in [7, 11) is 0. The molecule has 0 aromatic heterocycles. The van der Waals surface area contributed by atoms with Crippen LogP contribution in [0.3, 0.4) is 0 Å². The molecule has 100 valence electrons. The van der Waals surface area contributed by atoms with Gasteiger partial charge in [-0.1, -0.05) is 55.5 Å². The lowest BCUT2D eigenvalue weighted by molar-refractivity contribution is 0.876. The van der Waals surface area contributed by atoms with Crippen LogP contribution in [0.15, 0.2) is 42.5 Å². The van der Waals surface area contributed by atoms with Crippen molar-refractivity contribution in [2.24, 2.45) is 0 Å². The van der Waals surface area contributed by atoms with Crippen LogP contribution in [-0.2, 0) is 25.7 Å². The van der Waals surface area contributed by atoms with Gasteiger partial charge in [-0.05, 0) is 59.1 Å². The first kappa shape index (κ1) is 12.0. The summed E-state index contributed by atoms with van der Waals surface area (Å²) in [5.41, 5.74) is 9.11. The average molecular weight is 260 g/mol. The van der Waals surface area contributed by atoms with Crippen LogP contribution in [0.5, 0.6) is 0 Å². The van der Waals surface area contributed by atoms with Gasteiger partial charge in [0.25, 0.3) is 0 Å². The second-order valence-electron chi connectivity index (χ2n) is 6.18. The molecule has 1 unspecified atom stereocenters. The SMILES string of the molecule is CC1C=Cc2c3ccc(c21)CCc1ccc(cc1)CC3. The quantitative estimate of drug-likeness (QED) is 0.644. The molecule has 0 N–H and O–H groups in total. The number of allylic oxidation sites excluding steroid dienone is 1. The van der Waals surface area contributed by atoms with Crippen LogP contribution in [-0.4, -0.2) is 0 Å². The number of benzene rings is 2. The van der Waals surface area contributed by atoms with Crippen LogP contribution in [0, 0.1) is 0 Å². The first-order valence-electron chi connectivity index (χ1n) is 7.72. The van der Waals surface area contributed by atoms with E-state index in [2.05, 4.69) is 55.5 Å². The normalized spacial score (nSPS) is 19.8. The summed E-state index contributed by atoms with van der Waals surface area (Å²) in [6.07, 6.45) is 9.33. The van der Waals surface area contributed by atoms with Crippen molar-refractivity contribution in [3.8, 4) is 0 Å². The first-order valence-corrected chi connectivity index (χ1v) is 7.72. The van der Waals surface area contributed by atoms with Crippen molar-refractivity contribution < 1.29 is 0 Å². The van der Waals surface area contributed by atoms with Gasteiger partial charge in [0, 0.05) is 5.92 Å². The molecule has 5 aliphatic carbocycles. The predicted octanol–water partition coefficient (Wildman–Crippen LogP) is 4.70. The van der Waals surface area contributed by atoms with Crippen molar-refractivity contribution in [2.75, 3.05) is 0 Å². The predicted molar refractivity (Wildman–Crippen MR) is 85.1 cm³/mol. The monoisotopic (exact) mass is 260 g/mol. The molecule has 0 aliphatic heterocycles. The highest BCUT2D eigenvalue weighted by Crippen LogP contribution is 2.36. The third-order valence-corrected chi connectivity index (χ3v) is 4.86. The van der Waals surface area contributed by atoms with Gasteiger partial charge in [0.15, 0.2) is 0 Å². The molecule has 0 amide bonds. The van der Waals surface area contributed by atoms with Crippen molar-refractivity contribution in [1.82, 2.24) is 0 Å². The summed E-state index contributed by atoms with van der Waals surface area (Å²) in [4.78, 5) is 0. The Labute approximate surface area is 121 Å². The topological polar surface area (TPSA) is 0 Å². The molecule has 1 atom stereocenters. The molecular formula is C20H20. The van der Waals surface area contributed by atoms with Crippen LogP contribution in [0.4, 0.5) is 0 Å². The van der Waals surface area contributed by atoms with E-state index in [1.165, 1.54) is 22.3 Å². The summed E-state index contributed by atoms with van der Waals surface area (Å²) in [5.74, 6) is 0.587.